The Morgan fingerprint density at radius 2 is 2.23 bits per heavy atom. The highest BCUT2D eigenvalue weighted by atomic mass is 16.2. The molecule has 0 saturated carbocycles. The number of hydrogen-bond donors (Lipinski definition) is 3. The van der Waals surface area contributed by atoms with Crippen LogP contribution in [0.15, 0.2) is 15.8 Å². The van der Waals surface area contributed by atoms with Gasteiger partial charge in [-0.05, 0) is 6.92 Å². The predicted octanol–water partition coefficient (Wildman–Crippen LogP) is -1.13. The first kappa shape index (κ1) is 9.24. The Hall–Kier alpha value is -1.85. The smallest absolute Gasteiger partial charge is 0.325 e. The third kappa shape index (κ3) is 2.05. The van der Waals surface area contributed by atoms with E-state index in [2.05, 4.69) is 15.3 Å². The molecule has 0 spiro atoms. The molecule has 0 radical (unpaired) electrons. The lowest BCUT2D eigenvalue weighted by Crippen LogP contribution is -2.29. The first-order valence-electron chi connectivity index (χ1n) is 3.66. The van der Waals surface area contributed by atoms with E-state index >= 15 is 0 Å². The lowest BCUT2D eigenvalue weighted by Gasteiger charge is -2.07. The molecule has 0 aliphatic heterocycles. The van der Waals surface area contributed by atoms with Crippen LogP contribution in [-0.4, -0.2) is 16.4 Å². The monoisotopic (exact) mass is 183 g/mol. The maximum atomic E-state index is 11.1. The van der Waals surface area contributed by atoms with Crippen LogP contribution < -0.4 is 16.6 Å². The van der Waals surface area contributed by atoms with Crippen molar-refractivity contribution in [3.05, 3.63) is 32.6 Å². The summed E-state index contributed by atoms with van der Waals surface area (Å²) in [7, 11) is 0. The molecule has 1 heterocycles. The van der Waals surface area contributed by atoms with Crippen LogP contribution in [0.25, 0.3) is 0 Å². The third-order valence-electron chi connectivity index (χ3n) is 1.63. The molecule has 0 aliphatic rings. The highest BCUT2D eigenvalue weighted by Crippen LogP contribution is 2.01. The van der Waals surface area contributed by atoms with Crippen LogP contribution in [0.3, 0.4) is 0 Å². The van der Waals surface area contributed by atoms with Gasteiger partial charge in [-0.2, -0.15) is 0 Å². The number of H-pyrrole nitrogens is 2. The number of aromatic nitrogens is 2. The summed E-state index contributed by atoms with van der Waals surface area (Å²) in [5, 5.41) is 2.40. The number of carbonyl (C=O) groups is 1. The van der Waals surface area contributed by atoms with Crippen molar-refractivity contribution in [2.45, 2.75) is 13.0 Å². The molecular formula is C7H9N3O3. The van der Waals surface area contributed by atoms with E-state index in [1.54, 1.807) is 6.92 Å². The molecule has 1 rings (SSSR count). The number of rotatable bonds is 3. The summed E-state index contributed by atoms with van der Waals surface area (Å²) >= 11 is 0. The average Bonchev–Trinajstić information content (AvgIpc) is 2.04. The summed E-state index contributed by atoms with van der Waals surface area (Å²) < 4.78 is 0. The quantitative estimate of drug-likeness (QED) is 0.517. The first-order chi connectivity index (χ1) is 6.15. The SMILES string of the molecule is C[C@@H](NC=O)c1c[nH]c(=O)[nH]c1=O. The Labute approximate surface area is 73.0 Å². The van der Waals surface area contributed by atoms with E-state index in [4.69, 9.17) is 0 Å². The van der Waals surface area contributed by atoms with Crippen LogP contribution in [0, 0.1) is 0 Å². The fourth-order valence-electron chi connectivity index (χ4n) is 0.934. The molecule has 13 heavy (non-hydrogen) atoms. The molecule has 0 saturated heterocycles. The zero-order valence-electron chi connectivity index (χ0n) is 6.96. The van der Waals surface area contributed by atoms with Gasteiger partial charge in [-0.25, -0.2) is 4.79 Å². The van der Waals surface area contributed by atoms with Gasteiger partial charge < -0.3 is 10.3 Å². The average molecular weight is 183 g/mol. The van der Waals surface area contributed by atoms with Crippen molar-refractivity contribution in [1.29, 1.82) is 0 Å². The maximum Gasteiger partial charge on any atom is 0.325 e. The molecule has 0 aromatic carbocycles. The molecule has 0 bridgehead atoms. The van der Waals surface area contributed by atoms with Crippen molar-refractivity contribution >= 4 is 6.41 Å². The third-order valence-corrected chi connectivity index (χ3v) is 1.63. The second-order valence-corrected chi connectivity index (χ2v) is 2.53. The number of nitrogens with one attached hydrogen (secondary N) is 3. The van der Waals surface area contributed by atoms with Crippen LogP contribution in [0.2, 0.25) is 0 Å². The fraction of sp³-hybridized carbons (Fsp3) is 0.286. The molecule has 1 aromatic rings. The Morgan fingerprint density at radius 1 is 1.54 bits per heavy atom. The summed E-state index contributed by atoms with van der Waals surface area (Å²) in [6, 6.07) is -0.418. The van der Waals surface area contributed by atoms with Crippen LogP contribution >= 0.6 is 0 Å². The Kier molecular flexibility index (Phi) is 2.63. The van der Waals surface area contributed by atoms with Crippen molar-refractivity contribution in [1.82, 2.24) is 15.3 Å². The maximum absolute atomic E-state index is 11.1. The van der Waals surface area contributed by atoms with Crippen molar-refractivity contribution < 1.29 is 4.79 Å². The van der Waals surface area contributed by atoms with Crippen molar-refractivity contribution in [3.8, 4) is 0 Å². The van der Waals surface area contributed by atoms with Crippen LogP contribution in [0.4, 0.5) is 0 Å². The highest BCUT2D eigenvalue weighted by Gasteiger charge is 2.07. The highest BCUT2D eigenvalue weighted by molar-refractivity contribution is 5.47. The molecule has 1 amide bonds. The molecule has 70 valence electrons. The molecule has 6 nitrogen and oxygen atoms in total. The van der Waals surface area contributed by atoms with Crippen LogP contribution in [-0.2, 0) is 4.79 Å². The van der Waals surface area contributed by atoms with Gasteiger partial charge >= 0.3 is 5.69 Å². The molecule has 1 aromatic heterocycles. The Morgan fingerprint density at radius 3 is 2.77 bits per heavy atom. The van der Waals surface area contributed by atoms with Gasteiger partial charge in [-0.15, -0.1) is 0 Å². The molecular weight excluding hydrogens is 174 g/mol. The van der Waals surface area contributed by atoms with Gasteiger partial charge in [-0.1, -0.05) is 0 Å². The summed E-state index contributed by atoms with van der Waals surface area (Å²) in [5.41, 5.74) is -0.746. The van der Waals surface area contributed by atoms with Crippen LogP contribution in [0.1, 0.15) is 18.5 Å². The van der Waals surface area contributed by atoms with E-state index in [0.717, 1.165) is 0 Å². The minimum Gasteiger partial charge on any atom is -0.352 e. The van der Waals surface area contributed by atoms with Gasteiger partial charge in [0.05, 0.1) is 11.6 Å². The topological polar surface area (TPSA) is 94.8 Å². The summed E-state index contributed by atoms with van der Waals surface area (Å²) in [5.74, 6) is 0. The summed E-state index contributed by atoms with van der Waals surface area (Å²) in [6.45, 7) is 1.64. The second kappa shape index (κ2) is 3.70. The van der Waals surface area contributed by atoms with Gasteiger partial charge in [0, 0.05) is 6.20 Å². The predicted molar refractivity (Wildman–Crippen MR) is 45.3 cm³/mol. The van der Waals surface area contributed by atoms with Crippen molar-refractivity contribution in [2.75, 3.05) is 0 Å². The minimum absolute atomic E-state index is 0.312. The Bertz CT molecular complexity index is 406. The van der Waals surface area contributed by atoms with Gasteiger partial charge in [0.1, 0.15) is 0 Å². The lowest BCUT2D eigenvalue weighted by atomic mass is 10.2. The largest absolute Gasteiger partial charge is 0.352 e. The number of amides is 1. The molecule has 0 aliphatic carbocycles. The standard InChI is InChI=1S/C7H9N3O3/c1-4(9-3-11)5-2-8-7(13)10-6(5)12/h2-4H,1H3,(H,9,11)(H2,8,10,12,13)/t4-/m1/s1. The van der Waals surface area contributed by atoms with E-state index in [1.165, 1.54) is 6.20 Å². The van der Waals surface area contributed by atoms with E-state index in [0.29, 0.717) is 12.0 Å². The zero-order valence-corrected chi connectivity index (χ0v) is 6.96. The van der Waals surface area contributed by atoms with Gasteiger partial charge in [-0.3, -0.25) is 14.6 Å². The van der Waals surface area contributed by atoms with Crippen LogP contribution in [0.5, 0.6) is 0 Å². The van der Waals surface area contributed by atoms with Gasteiger partial charge in [0.2, 0.25) is 6.41 Å². The second-order valence-electron chi connectivity index (χ2n) is 2.53. The number of aromatic amines is 2. The van der Waals surface area contributed by atoms with Crippen molar-refractivity contribution in [2.24, 2.45) is 0 Å². The first-order valence-corrected chi connectivity index (χ1v) is 3.66. The molecule has 1 atom stereocenters. The minimum atomic E-state index is -0.563. The Balaban J connectivity index is 3.08. The van der Waals surface area contributed by atoms with E-state index in [-0.39, 0.29) is 0 Å². The number of hydrogen-bond acceptors (Lipinski definition) is 3. The van der Waals surface area contributed by atoms with Gasteiger partial charge in [0.15, 0.2) is 0 Å². The number of carbonyl (C=O) groups excluding carboxylic acids is 1. The summed E-state index contributed by atoms with van der Waals surface area (Å²) in [4.78, 5) is 36.2. The van der Waals surface area contributed by atoms with E-state index in [1.807, 2.05) is 0 Å². The zero-order chi connectivity index (χ0) is 9.84. The molecule has 0 unspecified atom stereocenters. The molecule has 3 N–H and O–H groups in total. The van der Waals surface area contributed by atoms with E-state index in [9.17, 15) is 14.4 Å². The molecule has 0 fully saturated rings. The van der Waals surface area contributed by atoms with E-state index < -0.39 is 17.3 Å². The fourth-order valence-corrected chi connectivity index (χ4v) is 0.934. The summed E-state index contributed by atoms with van der Waals surface area (Å²) in [6.07, 6.45) is 1.78. The lowest BCUT2D eigenvalue weighted by molar-refractivity contribution is -0.110. The molecule has 6 heteroatoms. The van der Waals surface area contributed by atoms with Gasteiger partial charge in [0.25, 0.3) is 5.56 Å². The normalized spacial score (nSPS) is 12.1. The van der Waals surface area contributed by atoms with Crippen molar-refractivity contribution in [3.63, 3.8) is 0 Å².